The van der Waals surface area contributed by atoms with Crippen LogP contribution in [0.3, 0.4) is 0 Å². The summed E-state index contributed by atoms with van der Waals surface area (Å²) in [7, 11) is 0. The van der Waals surface area contributed by atoms with Crippen molar-refractivity contribution in [3.05, 3.63) is 29.8 Å². The van der Waals surface area contributed by atoms with E-state index < -0.39 is 0 Å². The molecular weight excluding hydrogens is 140 g/mol. The van der Waals surface area contributed by atoms with Gasteiger partial charge < -0.3 is 11.6 Å². The van der Waals surface area contributed by atoms with Gasteiger partial charge in [0.25, 0.3) is 0 Å². The molecule has 0 atom stereocenters. The van der Waals surface area contributed by atoms with Crippen molar-refractivity contribution in [1.82, 2.24) is 0 Å². The largest absolute Gasteiger partial charge is 0.326 e. The molecular formula is C7H10N4. The number of benzene rings is 1. The molecule has 0 radical (unpaired) electrons. The molecule has 0 aliphatic carbocycles. The summed E-state index contributed by atoms with van der Waals surface area (Å²) in [6.45, 7) is 0.542. The molecule has 0 aliphatic heterocycles. The van der Waals surface area contributed by atoms with Crippen LogP contribution < -0.4 is 11.6 Å². The van der Waals surface area contributed by atoms with Crippen LogP contribution in [-0.4, -0.2) is 0 Å². The van der Waals surface area contributed by atoms with Crippen LogP contribution in [0, 0.1) is 0 Å². The number of nitrogens with zero attached hydrogens (tertiary/aromatic N) is 2. The van der Waals surface area contributed by atoms with E-state index in [-0.39, 0.29) is 0 Å². The molecule has 4 N–H and O–H groups in total. The highest BCUT2D eigenvalue weighted by atomic mass is 15.3. The van der Waals surface area contributed by atoms with Crippen molar-refractivity contribution >= 4 is 5.69 Å². The van der Waals surface area contributed by atoms with Gasteiger partial charge in [0.15, 0.2) is 0 Å². The van der Waals surface area contributed by atoms with Crippen LogP contribution in [0.2, 0.25) is 0 Å². The Kier molecular flexibility index (Phi) is 2.57. The first-order valence-electron chi connectivity index (χ1n) is 3.26. The zero-order chi connectivity index (χ0) is 8.10. The average molecular weight is 150 g/mol. The molecule has 0 saturated carbocycles. The predicted molar refractivity (Wildman–Crippen MR) is 43.0 cm³/mol. The van der Waals surface area contributed by atoms with Crippen molar-refractivity contribution in [2.45, 2.75) is 6.54 Å². The first-order chi connectivity index (χ1) is 5.36. The van der Waals surface area contributed by atoms with Gasteiger partial charge in [0.05, 0.1) is 5.69 Å². The van der Waals surface area contributed by atoms with Crippen molar-refractivity contribution in [3.63, 3.8) is 0 Å². The maximum absolute atomic E-state index is 5.40. The molecule has 0 amide bonds. The standard InChI is InChI=1S/C7H10N4/c8-5-6-1-3-7(4-2-6)10-11-9/h1-4H,5,8H2,(H2,9,10). The Morgan fingerprint density at radius 2 is 1.82 bits per heavy atom. The molecule has 0 heterocycles. The highest BCUT2D eigenvalue weighted by molar-refractivity contribution is 5.37. The molecule has 0 spiro atoms. The molecule has 1 aromatic carbocycles. The molecule has 0 unspecified atom stereocenters. The Balaban J connectivity index is 2.82. The van der Waals surface area contributed by atoms with Gasteiger partial charge in [-0.05, 0) is 17.7 Å². The first kappa shape index (κ1) is 7.68. The van der Waals surface area contributed by atoms with Gasteiger partial charge in [-0.3, -0.25) is 0 Å². The minimum atomic E-state index is 0.542. The van der Waals surface area contributed by atoms with E-state index in [0.29, 0.717) is 6.54 Å². The van der Waals surface area contributed by atoms with E-state index in [1.165, 1.54) is 0 Å². The van der Waals surface area contributed by atoms with Crippen LogP contribution in [0.1, 0.15) is 5.56 Å². The molecule has 0 saturated heterocycles. The van der Waals surface area contributed by atoms with Crippen LogP contribution in [0.15, 0.2) is 34.6 Å². The summed E-state index contributed by atoms with van der Waals surface area (Å²) in [6.07, 6.45) is 0. The lowest BCUT2D eigenvalue weighted by atomic mass is 10.2. The van der Waals surface area contributed by atoms with Gasteiger partial charge >= 0.3 is 0 Å². The zero-order valence-corrected chi connectivity index (χ0v) is 6.07. The van der Waals surface area contributed by atoms with E-state index >= 15 is 0 Å². The Morgan fingerprint density at radius 1 is 1.18 bits per heavy atom. The van der Waals surface area contributed by atoms with E-state index in [4.69, 9.17) is 11.6 Å². The summed E-state index contributed by atoms with van der Waals surface area (Å²) in [5, 5.41) is 6.80. The minimum Gasteiger partial charge on any atom is -0.326 e. The Morgan fingerprint density at radius 3 is 2.27 bits per heavy atom. The normalized spacial score (nSPS) is 10.6. The summed E-state index contributed by atoms with van der Waals surface area (Å²) in [5.41, 5.74) is 7.21. The number of hydrogen-bond acceptors (Lipinski definition) is 3. The summed E-state index contributed by atoms with van der Waals surface area (Å²) in [6, 6.07) is 7.42. The van der Waals surface area contributed by atoms with Gasteiger partial charge in [0.2, 0.25) is 0 Å². The van der Waals surface area contributed by atoms with Gasteiger partial charge in [-0.25, -0.2) is 0 Å². The lowest BCUT2D eigenvalue weighted by molar-refractivity contribution is 1.05. The predicted octanol–water partition coefficient (Wildman–Crippen LogP) is 1.10. The SMILES string of the molecule is NCc1ccc(N=NN)cc1. The summed E-state index contributed by atoms with van der Waals surface area (Å²) in [5.74, 6) is 4.86. The van der Waals surface area contributed by atoms with Crippen LogP contribution in [0.5, 0.6) is 0 Å². The van der Waals surface area contributed by atoms with Gasteiger partial charge in [0.1, 0.15) is 0 Å². The zero-order valence-electron chi connectivity index (χ0n) is 6.07. The van der Waals surface area contributed by atoms with Crippen LogP contribution in [-0.2, 0) is 6.54 Å². The Bertz CT molecular complexity index is 239. The molecule has 0 fully saturated rings. The second-order valence-corrected chi connectivity index (χ2v) is 2.09. The summed E-state index contributed by atoms with van der Waals surface area (Å²) >= 11 is 0. The molecule has 0 aromatic heterocycles. The molecule has 4 heteroatoms. The number of rotatable bonds is 2. The molecule has 0 bridgehead atoms. The van der Waals surface area contributed by atoms with Crippen molar-refractivity contribution < 1.29 is 0 Å². The molecule has 11 heavy (non-hydrogen) atoms. The van der Waals surface area contributed by atoms with Gasteiger partial charge in [-0.2, -0.15) is 0 Å². The van der Waals surface area contributed by atoms with Crippen molar-refractivity contribution in [3.8, 4) is 0 Å². The lowest BCUT2D eigenvalue weighted by Crippen LogP contribution is -1.94. The molecule has 58 valence electrons. The number of hydrogen-bond donors (Lipinski definition) is 2. The van der Waals surface area contributed by atoms with E-state index in [9.17, 15) is 0 Å². The third-order valence-corrected chi connectivity index (χ3v) is 1.35. The lowest BCUT2D eigenvalue weighted by Gasteiger charge is -1.94. The quantitative estimate of drug-likeness (QED) is 0.376. The fraction of sp³-hybridized carbons (Fsp3) is 0.143. The highest BCUT2D eigenvalue weighted by Crippen LogP contribution is 2.11. The molecule has 1 aromatic rings. The third-order valence-electron chi connectivity index (χ3n) is 1.35. The van der Waals surface area contributed by atoms with Crippen LogP contribution in [0.25, 0.3) is 0 Å². The second kappa shape index (κ2) is 3.68. The number of nitrogens with two attached hydrogens (primary N) is 2. The van der Waals surface area contributed by atoms with Gasteiger partial charge in [0, 0.05) is 6.54 Å². The monoisotopic (exact) mass is 150 g/mol. The van der Waals surface area contributed by atoms with Crippen molar-refractivity contribution in [2.75, 3.05) is 0 Å². The van der Waals surface area contributed by atoms with E-state index in [2.05, 4.69) is 10.3 Å². The fourth-order valence-corrected chi connectivity index (χ4v) is 0.765. The summed E-state index contributed by atoms with van der Waals surface area (Å²) < 4.78 is 0. The first-order valence-corrected chi connectivity index (χ1v) is 3.26. The molecule has 4 nitrogen and oxygen atoms in total. The van der Waals surface area contributed by atoms with Crippen LogP contribution >= 0.6 is 0 Å². The summed E-state index contributed by atoms with van der Waals surface area (Å²) in [4.78, 5) is 0. The third kappa shape index (κ3) is 2.01. The maximum atomic E-state index is 5.40. The van der Waals surface area contributed by atoms with E-state index in [1.54, 1.807) is 0 Å². The smallest absolute Gasteiger partial charge is 0.0874 e. The van der Waals surface area contributed by atoms with Crippen molar-refractivity contribution in [1.29, 1.82) is 0 Å². The topological polar surface area (TPSA) is 76.8 Å². The van der Waals surface area contributed by atoms with E-state index in [0.717, 1.165) is 11.3 Å². The minimum absolute atomic E-state index is 0.542. The maximum Gasteiger partial charge on any atom is 0.0874 e. The fourth-order valence-electron chi connectivity index (χ4n) is 0.765. The average Bonchev–Trinajstić information content (AvgIpc) is 2.07. The van der Waals surface area contributed by atoms with Crippen LogP contribution in [0.4, 0.5) is 5.69 Å². The Hall–Kier alpha value is -1.42. The Labute approximate surface area is 64.9 Å². The second-order valence-electron chi connectivity index (χ2n) is 2.09. The van der Waals surface area contributed by atoms with E-state index in [1.807, 2.05) is 24.3 Å². The van der Waals surface area contributed by atoms with Gasteiger partial charge in [-0.1, -0.05) is 17.4 Å². The van der Waals surface area contributed by atoms with Gasteiger partial charge in [-0.15, -0.1) is 5.11 Å². The molecule has 0 aliphatic rings. The molecule has 1 rings (SSSR count). The highest BCUT2D eigenvalue weighted by Gasteiger charge is 1.89. The van der Waals surface area contributed by atoms with Crippen molar-refractivity contribution in [2.24, 2.45) is 21.9 Å².